The van der Waals surface area contributed by atoms with E-state index in [1.165, 1.54) is 0 Å². The van der Waals surface area contributed by atoms with Crippen molar-refractivity contribution in [3.63, 3.8) is 0 Å². The van der Waals surface area contributed by atoms with E-state index in [2.05, 4.69) is 36.4 Å². The van der Waals surface area contributed by atoms with Crippen molar-refractivity contribution in [2.75, 3.05) is 0 Å². The number of para-hydroxylation sites is 1. The number of benzene rings is 11. The highest BCUT2D eigenvalue weighted by Crippen LogP contribution is 2.49. The Hall–Kier alpha value is -7.74. The fourth-order valence-electron chi connectivity index (χ4n) is 8.90. The molecule has 0 fully saturated rings. The fraction of sp³-hybridized carbons (Fsp3) is 0. The summed E-state index contributed by atoms with van der Waals surface area (Å²) in [5.74, 6) is 0. The lowest BCUT2D eigenvalue weighted by molar-refractivity contribution is 0.669. The monoisotopic (exact) mass is 761 g/mol. The molecule has 1 nitrogen and oxygen atoms in total. The van der Waals surface area contributed by atoms with E-state index in [-0.39, 0.29) is 49.4 Å². The van der Waals surface area contributed by atoms with E-state index in [9.17, 15) is 5.48 Å². The molecule has 12 rings (SSSR count). The predicted octanol–water partition coefficient (Wildman–Crippen LogP) is 16.5. The maximum atomic E-state index is 9.67. The Labute approximate surface area is 360 Å². The van der Waals surface area contributed by atoms with Crippen molar-refractivity contribution in [2.45, 2.75) is 0 Å². The molecule has 59 heavy (non-hydrogen) atoms. The van der Waals surface area contributed by atoms with Crippen molar-refractivity contribution in [1.82, 2.24) is 0 Å². The summed E-state index contributed by atoms with van der Waals surface area (Å²) < 4.78 is 125. The molecule has 0 aliphatic rings. The van der Waals surface area contributed by atoms with Crippen LogP contribution in [-0.2, 0) is 0 Å². The van der Waals surface area contributed by atoms with Crippen LogP contribution in [0.3, 0.4) is 0 Å². The van der Waals surface area contributed by atoms with Crippen molar-refractivity contribution in [3.05, 3.63) is 218 Å². The van der Waals surface area contributed by atoms with Crippen molar-refractivity contribution in [3.8, 4) is 55.6 Å². The van der Waals surface area contributed by atoms with Crippen molar-refractivity contribution in [1.29, 1.82) is 0 Å². The number of furan rings is 1. The SMILES string of the molecule is [2H]c1c([2H])c([2H])c(-c2ccc3ccccc3c2-c2c3c([2H])c([2H])c([2H])c([2H])c3c(-c3ccc(-c4ccc(-c5cccc6oc7ccccc7c56)c5ccccc45)cc3)c3c([2H])c([2H])c([2H])c([2H])c23)c([2H])c1[2H]. The highest BCUT2D eigenvalue weighted by molar-refractivity contribution is 6.25. The number of rotatable bonds is 5. The second-order valence-corrected chi connectivity index (χ2v) is 14.5. The maximum absolute atomic E-state index is 9.67. The van der Waals surface area contributed by atoms with Crippen LogP contribution in [0.4, 0.5) is 0 Å². The molecule has 11 aromatic carbocycles. The van der Waals surface area contributed by atoms with E-state index in [1.54, 1.807) is 48.5 Å². The first-order valence-corrected chi connectivity index (χ1v) is 19.3. The summed E-state index contributed by atoms with van der Waals surface area (Å²) in [6.45, 7) is 0. The molecule has 1 aromatic heterocycles. The molecule has 274 valence electrons. The molecule has 0 saturated carbocycles. The molecule has 0 amide bonds. The minimum atomic E-state index is -0.604. The van der Waals surface area contributed by atoms with Gasteiger partial charge in [-0.05, 0) is 111 Å². The first-order valence-electron chi connectivity index (χ1n) is 25.8. The minimum absolute atomic E-state index is 0.00338. The Morgan fingerprint density at radius 2 is 0.831 bits per heavy atom. The Bertz CT molecular complexity index is 4260. The second-order valence-electron chi connectivity index (χ2n) is 14.5. The van der Waals surface area contributed by atoms with Gasteiger partial charge in [0.25, 0.3) is 0 Å². The summed E-state index contributed by atoms with van der Waals surface area (Å²) in [5, 5.41) is 4.92. The highest BCUT2D eigenvalue weighted by atomic mass is 16.3. The third-order valence-corrected chi connectivity index (χ3v) is 11.4. The topological polar surface area (TPSA) is 13.1 Å². The number of hydrogen-bond acceptors (Lipinski definition) is 1. The molecule has 0 N–H and O–H groups in total. The van der Waals surface area contributed by atoms with Crippen molar-refractivity contribution in [2.24, 2.45) is 0 Å². The van der Waals surface area contributed by atoms with Crippen LogP contribution in [0.15, 0.2) is 222 Å². The van der Waals surface area contributed by atoms with Crippen LogP contribution in [0.2, 0.25) is 0 Å². The third kappa shape index (κ3) is 5.25. The summed E-state index contributed by atoms with van der Waals surface area (Å²) in [6.07, 6.45) is 0. The summed E-state index contributed by atoms with van der Waals surface area (Å²) >= 11 is 0. The molecule has 0 radical (unpaired) electrons. The van der Waals surface area contributed by atoms with Gasteiger partial charge in [0.1, 0.15) is 11.2 Å². The largest absolute Gasteiger partial charge is 0.456 e. The molecule has 1 heteroatoms. The lowest BCUT2D eigenvalue weighted by Gasteiger charge is -2.21. The highest BCUT2D eigenvalue weighted by Gasteiger charge is 2.21. The first kappa shape index (κ1) is 22.9. The van der Waals surface area contributed by atoms with E-state index >= 15 is 0 Å². The lowest BCUT2D eigenvalue weighted by atomic mass is 9.82. The summed E-state index contributed by atoms with van der Waals surface area (Å²) in [4.78, 5) is 0. The van der Waals surface area contributed by atoms with E-state index < -0.39 is 78.6 Å². The van der Waals surface area contributed by atoms with Gasteiger partial charge in [0.05, 0.1) is 17.8 Å². The van der Waals surface area contributed by atoms with Gasteiger partial charge in [0, 0.05) is 10.8 Å². The second kappa shape index (κ2) is 13.4. The van der Waals surface area contributed by atoms with Crippen molar-refractivity contribution >= 4 is 65.0 Å². The van der Waals surface area contributed by atoms with Gasteiger partial charge in [-0.25, -0.2) is 0 Å². The molecule has 0 aliphatic carbocycles. The van der Waals surface area contributed by atoms with Crippen LogP contribution < -0.4 is 0 Å². The Balaban J connectivity index is 1.16. The Morgan fingerprint density at radius 1 is 0.288 bits per heavy atom. The summed E-state index contributed by atoms with van der Waals surface area (Å²) in [5.41, 5.74) is 6.03. The molecule has 0 aliphatic heterocycles. The average molecular weight is 762 g/mol. The number of fused-ring (bicyclic) bond motifs is 7. The molecule has 0 atom stereocenters. The molecule has 12 aromatic rings. The predicted molar refractivity (Wildman–Crippen MR) is 251 cm³/mol. The van der Waals surface area contributed by atoms with Gasteiger partial charge in [-0.2, -0.15) is 0 Å². The van der Waals surface area contributed by atoms with E-state index in [0.717, 1.165) is 55.0 Å². The molecule has 1 heterocycles. The molecular weight excluding hydrogens is 713 g/mol. The van der Waals surface area contributed by atoms with Gasteiger partial charge in [-0.1, -0.05) is 206 Å². The maximum Gasteiger partial charge on any atom is 0.136 e. The van der Waals surface area contributed by atoms with E-state index in [1.807, 2.05) is 54.6 Å². The molecule has 0 spiro atoms. The van der Waals surface area contributed by atoms with Crippen LogP contribution in [0, 0.1) is 0 Å². The molecule has 0 unspecified atom stereocenters. The normalized spacial score (nSPS) is 14.8. The zero-order valence-corrected chi connectivity index (χ0v) is 31.2. The quantitative estimate of drug-likeness (QED) is 0.159. The van der Waals surface area contributed by atoms with Gasteiger partial charge >= 0.3 is 0 Å². The van der Waals surface area contributed by atoms with Crippen LogP contribution in [0.1, 0.15) is 17.8 Å². The lowest BCUT2D eigenvalue weighted by Crippen LogP contribution is -1.94. The van der Waals surface area contributed by atoms with Crippen LogP contribution in [0.25, 0.3) is 121 Å². The van der Waals surface area contributed by atoms with Gasteiger partial charge in [-0.3, -0.25) is 0 Å². The first-order chi connectivity index (χ1) is 34.7. The summed E-state index contributed by atoms with van der Waals surface area (Å²) in [6, 6.07) is 37.1. The minimum Gasteiger partial charge on any atom is -0.456 e. The fourth-order valence-corrected chi connectivity index (χ4v) is 8.90. The smallest absolute Gasteiger partial charge is 0.136 e. The van der Waals surface area contributed by atoms with E-state index in [0.29, 0.717) is 16.3 Å². The summed E-state index contributed by atoms with van der Waals surface area (Å²) in [7, 11) is 0. The zero-order chi connectivity index (χ0) is 50.2. The Kier molecular flexibility index (Phi) is 5.21. The zero-order valence-electron chi connectivity index (χ0n) is 44.2. The van der Waals surface area contributed by atoms with Crippen molar-refractivity contribution < 1.29 is 22.2 Å². The molecule has 0 saturated heterocycles. The van der Waals surface area contributed by atoms with Gasteiger partial charge < -0.3 is 4.42 Å². The third-order valence-electron chi connectivity index (χ3n) is 11.4. The standard InChI is InChI=1S/C58H36O/c1-2-15-37(16-3-1)43-34-33-38-17-4-5-18-42(38)57(43)58-50-23-10-8-21-48(50)55(49-22-9-11-24-51(49)58)40-31-29-39(30-32-40)41-35-36-46(45-20-7-6-19-44(41)45)47-26-14-28-54-56(47)52-25-12-13-27-53(52)59-54/h1-36H/i1D,2D,3D,8D,9D,10D,11D,15D,16D,21D,22D,23D,24D. The van der Waals surface area contributed by atoms with Crippen LogP contribution >= 0.6 is 0 Å². The van der Waals surface area contributed by atoms with Crippen LogP contribution in [-0.4, -0.2) is 0 Å². The molecule has 0 bridgehead atoms. The van der Waals surface area contributed by atoms with Crippen LogP contribution in [0.5, 0.6) is 0 Å². The van der Waals surface area contributed by atoms with Gasteiger partial charge in [0.2, 0.25) is 0 Å². The van der Waals surface area contributed by atoms with Gasteiger partial charge in [-0.15, -0.1) is 0 Å². The average Bonchev–Trinajstić information content (AvgIpc) is 3.80. The number of hydrogen-bond donors (Lipinski definition) is 0. The Morgan fingerprint density at radius 3 is 1.56 bits per heavy atom. The van der Waals surface area contributed by atoms with E-state index in [4.69, 9.17) is 16.8 Å². The molecular formula is C58H36O. The van der Waals surface area contributed by atoms with Gasteiger partial charge in [0.15, 0.2) is 0 Å².